The number of hydrogen-bond acceptors (Lipinski definition) is 0. The van der Waals surface area contributed by atoms with Crippen molar-refractivity contribution in [2.45, 2.75) is 25.7 Å². The first-order chi connectivity index (χ1) is 3.85. The fraction of sp³-hybridized carbons (Fsp3) is 1.00. The summed E-state index contributed by atoms with van der Waals surface area (Å²) in [7, 11) is 0. The highest BCUT2D eigenvalue weighted by Crippen LogP contribution is 2.63. The van der Waals surface area contributed by atoms with Crippen LogP contribution in [0.2, 0.25) is 0 Å². The van der Waals surface area contributed by atoms with E-state index in [1.54, 1.807) is 0 Å². The van der Waals surface area contributed by atoms with Gasteiger partial charge in [0.15, 0.2) is 0 Å². The Hall–Kier alpha value is 0.480. The van der Waals surface area contributed by atoms with Gasteiger partial charge in [-0.25, -0.2) is 0 Å². The number of alkyl halides is 1. The van der Waals surface area contributed by atoms with Crippen LogP contribution in [0.15, 0.2) is 0 Å². The molecule has 0 amide bonds. The summed E-state index contributed by atoms with van der Waals surface area (Å²) in [4.78, 5) is 0. The third kappa shape index (κ3) is 0.637. The van der Waals surface area contributed by atoms with Gasteiger partial charge in [0, 0.05) is 5.33 Å². The summed E-state index contributed by atoms with van der Waals surface area (Å²) in [6.45, 7) is 0. The van der Waals surface area contributed by atoms with E-state index >= 15 is 0 Å². The van der Waals surface area contributed by atoms with Gasteiger partial charge in [-0.05, 0) is 37.0 Å². The molecule has 0 aromatic heterocycles. The van der Waals surface area contributed by atoms with Crippen molar-refractivity contribution < 1.29 is 0 Å². The molecule has 46 valence electrons. The molecular weight excluding hydrogens is 164 g/mol. The first kappa shape index (κ1) is 5.28. The zero-order valence-corrected chi connectivity index (χ0v) is 6.58. The second-order valence-corrected chi connectivity index (χ2v) is 4.08. The second kappa shape index (κ2) is 1.50. The van der Waals surface area contributed by atoms with E-state index in [0.717, 1.165) is 11.3 Å². The highest BCUT2D eigenvalue weighted by molar-refractivity contribution is 9.09. The van der Waals surface area contributed by atoms with Crippen molar-refractivity contribution in [3.8, 4) is 0 Å². The number of rotatable bonds is 1. The van der Waals surface area contributed by atoms with Crippen molar-refractivity contribution in [3.05, 3.63) is 0 Å². The summed E-state index contributed by atoms with van der Waals surface area (Å²) in [5, 5.41) is 1.24. The molecule has 2 aliphatic rings. The number of hydrogen-bond donors (Lipinski definition) is 0. The Kier molecular flexibility index (Phi) is 0.989. The van der Waals surface area contributed by atoms with E-state index in [1.165, 1.54) is 31.0 Å². The normalized spacial score (nSPS) is 32.6. The Bertz CT molecular complexity index is 97.0. The average Bonchev–Trinajstić information content (AvgIpc) is 2.38. The summed E-state index contributed by atoms with van der Waals surface area (Å²) < 4.78 is 0. The third-order valence-corrected chi connectivity index (χ3v) is 3.53. The average molecular weight is 175 g/mol. The van der Waals surface area contributed by atoms with Crippen LogP contribution in [-0.2, 0) is 0 Å². The molecule has 2 saturated carbocycles. The van der Waals surface area contributed by atoms with Crippen LogP contribution < -0.4 is 0 Å². The van der Waals surface area contributed by atoms with Crippen LogP contribution in [0, 0.1) is 11.3 Å². The zero-order valence-electron chi connectivity index (χ0n) is 4.99. The molecule has 2 rings (SSSR count). The minimum Gasteiger partial charge on any atom is -0.0925 e. The van der Waals surface area contributed by atoms with Gasteiger partial charge in [-0.15, -0.1) is 0 Å². The molecule has 0 saturated heterocycles. The monoisotopic (exact) mass is 174 g/mol. The summed E-state index contributed by atoms with van der Waals surface area (Å²) >= 11 is 3.51. The topological polar surface area (TPSA) is 0 Å². The molecular formula is C7H11Br. The summed E-state index contributed by atoms with van der Waals surface area (Å²) in [5.74, 6) is 1.04. The smallest absolute Gasteiger partial charge is 0.00600 e. The minimum absolute atomic E-state index is 0.915. The van der Waals surface area contributed by atoms with Crippen molar-refractivity contribution in [1.29, 1.82) is 0 Å². The Morgan fingerprint density at radius 1 is 1.38 bits per heavy atom. The van der Waals surface area contributed by atoms with Crippen LogP contribution in [0.5, 0.6) is 0 Å². The van der Waals surface area contributed by atoms with Crippen LogP contribution in [0.3, 0.4) is 0 Å². The molecule has 8 heavy (non-hydrogen) atoms. The van der Waals surface area contributed by atoms with Gasteiger partial charge >= 0.3 is 0 Å². The Morgan fingerprint density at radius 2 is 2.00 bits per heavy atom. The Morgan fingerprint density at radius 3 is 2.38 bits per heavy atom. The van der Waals surface area contributed by atoms with Gasteiger partial charge in [0.05, 0.1) is 0 Å². The Balaban J connectivity index is 1.84. The fourth-order valence-corrected chi connectivity index (χ4v) is 2.32. The van der Waals surface area contributed by atoms with E-state index in [1.807, 2.05) is 0 Å². The lowest BCUT2D eigenvalue weighted by molar-refractivity contribution is 0.193. The van der Waals surface area contributed by atoms with Crippen molar-refractivity contribution in [1.82, 2.24) is 0 Å². The lowest BCUT2D eigenvalue weighted by atomic mass is 9.73. The predicted octanol–water partition coefficient (Wildman–Crippen LogP) is 2.57. The van der Waals surface area contributed by atoms with E-state index in [9.17, 15) is 0 Å². The van der Waals surface area contributed by atoms with Gasteiger partial charge in [-0.3, -0.25) is 0 Å². The van der Waals surface area contributed by atoms with E-state index in [4.69, 9.17) is 0 Å². The Labute approximate surface area is 58.8 Å². The van der Waals surface area contributed by atoms with Gasteiger partial charge in [0.25, 0.3) is 0 Å². The summed E-state index contributed by atoms with van der Waals surface area (Å²) in [5.41, 5.74) is 0.915. The SMILES string of the molecule is BrCC1CC2(CC2)C1. The molecule has 0 radical (unpaired) electrons. The standard InChI is InChI=1S/C7H11Br/c8-5-6-3-7(4-6)1-2-7/h6H,1-5H2. The van der Waals surface area contributed by atoms with Crippen LogP contribution in [0.25, 0.3) is 0 Å². The maximum absolute atomic E-state index is 3.51. The maximum atomic E-state index is 3.51. The van der Waals surface area contributed by atoms with Crippen molar-refractivity contribution in [3.63, 3.8) is 0 Å². The quantitative estimate of drug-likeness (QED) is 0.537. The molecule has 1 spiro atoms. The van der Waals surface area contributed by atoms with E-state index in [-0.39, 0.29) is 0 Å². The molecule has 0 unspecified atom stereocenters. The van der Waals surface area contributed by atoms with Gasteiger partial charge < -0.3 is 0 Å². The third-order valence-electron chi connectivity index (χ3n) is 2.62. The first-order valence-electron chi connectivity index (χ1n) is 3.41. The van der Waals surface area contributed by atoms with E-state index < -0.39 is 0 Å². The highest BCUT2D eigenvalue weighted by atomic mass is 79.9. The second-order valence-electron chi connectivity index (χ2n) is 3.43. The molecule has 0 aliphatic heterocycles. The van der Waals surface area contributed by atoms with Crippen LogP contribution in [0.4, 0.5) is 0 Å². The molecule has 0 nitrogen and oxygen atoms in total. The van der Waals surface area contributed by atoms with E-state index in [0.29, 0.717) is 0 Å². The minimum atomic E-state index is 0.915. The highest BCUT2D eigenvalue weighted by Gasteiger charge is 2.51. The van der Waals surface area contributed by atoms with Crippen LogP contribution >= 0.6 is 15.9 Å². The fourth-order valence-electron chi connectivity index (χ4n) is 1.86. The first-order valence-corrected chi connectivity index (χ1v) is 4.53. The lowest BCUT2D eigenvalue weighted by Crippen LogP contribution is -2.25. The van der Waals surface area contributed by atoms with Crippen molar-refractivity contribution in [2.75, 3.05) is 5.33 Å². The largest absolute Gasteiger partial charge is 0.0925 e. The van der Waals surface area contributed by atoms with Crippen molar-refractivity contribution in [2.24, 2.45) is 11.3 Å². The van der Waals surface area contributed by atoms with Crippen LogP contribution in [-0.4, -0.2) is 5.33 Å². The molecule has 2 aliphatic carbocycles. The molecule has 0 aromatic carbocycles. The summed E-state index contributed by atoms with van der Waals surface area (Å²) in [6.07, 6.45) is 6.13. The molecule has 0 aromatic rings. The van der Waals surface area contributed by atoms with Gasteiger partial charge in [0.1, 0.15) is 0 Å². The zero-order chi connectivity index (χ0) is 5.61. The maximum Gasteiger partial charge on any atom is 0.00600 e. The number of halogens is 1. The van der Waals surface area contributed by atoms with Gasteiger partial charge in [0.2, 0.25) is 0 Å². The molecule has 0 N–H and O–H groups in total. The van der Waals surface area contributed by atoms with Crippen molar-refractivity contribution >= 4 is 15.9 Å². The molecule has 0 heterocycles. The predicted molar refractivity (Wildman–Crippen MR) is 38.2 cm³/mol. The molecule has 1 heteroatoms. The molecule has 2 fully saturated rings. The van der Waals surface area contributed by atoms with Gasteiger partial charge in [-0.1, -0.05) is 15.9 Å². The summed E-state index contributed by atoms with van der Waals surface area (Å²) in [6, 6.07) is 0. The lowest BCUT2D eigenvalue weighted by Gasteiger charge is -2.34. The van der Waals surface area contributed by atoms with E-state index in [2.05, 4.69) is 15.9 Å². The molecule has 0 bridgehead atoms. The van der Waals surface area contributed by atoms with Gasteiger partial charge in [-0.2, -0.15) is 0 Å². The molecule has 0 atom stereocenters. The van der Waals surface area contributed by atoms with Crippen LogP contribution in [0.1, 0.15) is 25.7 Å².